The number of hydrogen-bond donors (Lipinski definition) is 0. The van der Waals surface area contributed by atoms with E-state index in [1.54, 1.807) is 0 Å². The third-order valence-electron chi connectivity index (χ3n) is 5.60. The zero-order valence-corrected chi connectivity index (χ0v) is 14.0. The predicted octanol–water partition coefficient (Wildman–Crippen LogP) is 7.12. The first-order chi connectivity index (χ1) is 9.21. The molecule has 1 fully saturated rings. The Balaban J connectivity index is 2.08. The number of rotatable bonds is 10. The highest BCUT2D eigenvalue weighted by Gasteiger charge is 2.34. The molecule has 114 valence electrons. The molecule has 1 aliphatic carbocycles. The zero-order valence-electron chi connectivity index (χ0n) is 14.0. The maximum atomic E-state index is 2.47. The van der Waals surface area contributed by atoms with E-state index in [9.17, 15) is 0 Å². The Hall–Kier alpha value is 0. The fourth-order valence-corrected chi connectivity index (χ4v) is 3.98. The molecule has 0 aromatic heterocycles. The number of unbranched alkanes of at least 4 members (excludes halogenated alkanes) is 7. The molecule has 1 saturated carbocycles. The maximum absolute atomic E-state index is 2.47. The van der Waals surface area contributed by atoms with Gasteiger partial charge >= 0.3 is 0 Å². The van der Waals surface area contributed by atoms with Crippen LogP contribution in [0, 0.1) is 11.3 Å². The van der Waals surface area contributed by atoms with Crippen molar-refractivity contribution in [1.29, 1.82) is 0 Å². The molecule has 1 aliphatic rings. The lowest BCUT2D eigenvalue weighted by molar-refractivity contribution is 0.101. The van der Waals surface area contributed by atoms with Crippen LogP contribution >= 0.6 is 0 Å². The number of hydrogen-bond acceptors (Lipinski definition) is 0. The van der Waals surface area contributed by atoms with Gasteiger partial charge in [-0.15, -0.1) is 0 Å². The molecule has 0 heterocycles. The van der Waals surface area contributed by atoms with Crippen molar-refractivity contribution in [2.75, 3.05) is 0 Å². The molecule has 0 aromatic rings. The fraction of sp³-hybridized carbons (Fsp3) is 1.00. The quantitative estimate of drug-likeness (QED) is 0.369. The summed E-state index contributed by atoms with van der Waals surface area (Å²) in [7, 11) is 0. The lowest BCUT2D eigenvalue weighted by Gasteiger charge is -2.41. The minimum absolute atomic E-state index is 0.723. The minimum atomic E-state index is 0.723. The first kappa shape index (κ1) is 17.1. The van der Waals surface area contributed by atoms with Crippen LogP contribution in [0.5, 0.6) is 0 Å². The van der Waals surface area contributed by atoms with Gasteiger partial charge in [0.25, 0.3) is 0 Å². The standard InChI is InChI=1S/C19H38/c1-4-5-6-7-8-9-10-12-15-19(18(2)3)16-13-11-14-17-19/h18H,4-17H2,1-3H3. The fourth-order valence-electron chi connectivity index (χ4n) is 3.98. The Morgan fingerprint density at radius 1 is 0.737 bits per heavy atom. The summed E-state index contributed by atoms with van der Waals surface area (Å²) in [5, 5.41) is 0. The molecule has 0 aliphatic heterocycles. The summed E-state index contributed by atoms with van der Waals surface area (Å²) in [6.07, 6.45) is 20.7. The van der Waals surface area contributed by atoms with Crippen LogP contribution in [0.15, 0.2) is 0 Å². The molecule has 0 nitrogen and oxygen atoms in total. The van der Waals surface area contributed by atoms with Crippen molar-refractivity contribution in [3.63, 3.8) is 0 Å². The van der Waals surface area contributed by atoms with E-state index in [4.69, 9.17) is 0 Å². The molecule has 0 radical (unpaired) electrons. The second kappa shape index (κ2) is 9.83. The van der Waals surface area contributed by atoms with Crippen molar-refractivity contribution < 1.29 is 0 Å². The molecule has 0 amide bonds. The van der Waals surface area contributed by atoms with Gasteiger partial charge in [0.2, 0.25) is 0 Å². The Labute approximate surface area is 122 Å². The van der Waals surface area contributed by atoms with Gasteiger partial charge in [-0.1, -0.05) is 91.4 Å². The van der Waals surface area contributed by atoms with Gasteiger partial charge in [-0.2, -0.15) is 0 Å². The summed E-state index contributed by atoms with van der Waals surface area (Å²) in [6.45, 7) is 7.24. The Bertz CT molecular complexity index is 198. The van der Waals surface area contributed by atoms with Gasteiger partial charge in [0.1, 0.15) is 0 Å². The minimum Gasteiger partial charge on any atom is -0.0654 e. The van der Waals surface area contributed by atoms with Crippen molar-refractivity contribution in [3.8, 4) is 0 Å². The maximum Gasteiger partial charge on any atom is -0.0274 e. The van der Waals surface area contributed by atoms with Crippen LogP contribution in [0.1, 0.15) is 111 Å². The second-order valence-electron chi connectivity index (χ2n) is 7.30. The van der Waals surface area contributed by atoms with Crippen LogP contribution in [0.3, 0.4) is 0 Å². The van der Waals surface area contributed by atoms with Gasteiger partial charge < -0.3 is 0 Å². The van der Waals surface area contributed by atoms with E-state index in [2.05, 4.69) is 20.8 Å². The largest absolute Gasteiger partial charge is 0.0654 e. The Kier molecular flexibility index (Phi) is 8.83. The molecule has 1 rings (SSSR count). The average molecular weight is 267 g/mol. The van der Waals surface area contributed by atoms with Gasteiger partial charge in [-0.05, 0) is 30.6 Å². The van der Waals surface area contributed by atoms with Gasteiger partial charge in [-0.25, -0.2) is 0 Å². The van der Waals surface area contributed by atoms with Crippen LogP contribution in [0.4, 0.5) is 0 Å². The van der Waals surface area contributed by atoms with Gasteiger partial charge in [0, 0.05) is 0 Å². The summed E-state index contributed by atoms with van der Waals surface area (Å²) in [4.78, 5) is 0. The predicted molar refractivity (Wildman–Crippen MR) is 87.6 cm³/mol. The van der Waals surface area contributed by atoms with Crippen molar-refractivity contribution >= 4 is 0 Å². The first-order valence-electron chi connectivity index (χ1n) is 9.21. The van der Waals surface area contributed by atoms with Crippen molar-refractivity contribution in [2.24, 2.45) is 11.3 Å². The highest BCUT2D eigenvalue weighted by Crippen LogP contribution is 2.46. The smallest absolute Gasteiger partial charge is 0.0274 e. The van der Waals surface area contributed by atoms with Crippen LogP contribution in [0.25, 0.3) is 0 Å². The molecule has 0 atom stereocenters. The van der Waals surface area contributed by atoms with E-state index >= 15 is 0 Å². The second-order valence-corrected chi connectivity index (χ2v) is 7.30. The SMILES string of the molecule is CCCCCCCCCCC1(C(C)C)CCCCC1. The van der Waals surface area contributed by atoms with Crippen LogP contribution in [0.2, 0.25) is 0 Å². The van der Waals surface area contributed by atoms with Crippen molar-refractivity contribution in [1.82, 2.24) is 0 Å². The summed E-state index contributed by atoms with van der Waals surface area (Å²) in [5.74, 6) is 0.900. The molecule has 0 N–H and O–H groups in total. The van der Waals surface area contributed by atoms with E-state index in [1.807, 2.05) is 0 Å². The van der Waals surface area contributed by atoms with Crippen LogP contribution in [-0.2, 0) is 0 Å². The monoisotopic (exact) mass is 266 g/mol. The zero-order chi connectivity index (χ0) is 14.0. The van der Waals surface area contributed by atoms with E-state index < -0.39 is 0 Å². The molecule has 0 spiro atoms. The Morgan fingerprint density at radius 3 is 1.79 bits per heavy atom. The molecule has 0 saturated heterocycles. The molecular weight excluding hydrogens is 228 g/mol. The summed E-state index contributed by atoms with van der Waals surface area (Å²) in [6, 6.07) is 0. The normalized spacial score (nSPS) is 18.9. The highest BCUT2D eigenvalue weighted by atomic mass is 14.4. The average Bonchev–Trinajstić information content (AvgIpc) is 2.42. The van der Waals surface area contributed by atoms with E-state index in [-0.39, 0.29) is 0 Å². The van der Waals surface area contributed by atoms with Crippen LogP contribution in [-0.4, -0.2) is 0 Å². The third-order valence-corrected chi connectivity index (χ3v) is 5.60. The molecule has 0 aromatic carbocycles. The molecule has 0 heteroatoms. The van der Waals surface area contributed by atoms with Crippen LogP contribution < -0.4 is 0 Å². The molecule has 0 unspecified atom stereocenters. The molecule has 19 heavy (non-hydrogen) atoms. The topological polar surface area (TPSA) is 0 Å². The summed E-state index contributed by atoms with van der Waals surface area (Å²) in [5.41, 5.74) is 0.723. The lowest BCUT2D eigenvalue weighted by atomic mass is 9.64. The summed E-state index contributed by atoms with van der Waals surface area (Å²) >= 11 is 0. The molecule has 0 bridgehead atoms. The van der Waals surface area contributed by atoms with Crippen molar-refractivity contribution in [3.05, 3.63) is 0 Å². The van der Waals surface area contributed by atoms with Gasteiger partial charge in [0.15, 0.2) is 0 Å². The van der Waals surface area contributed by atoms with Gasteiger partial charge in [-0.3, -0.25) is 0 Å². The molecular formula is C19H38. The Morgan fingerprint density at radius 2 is 1.26 bits per heavy atom. The van der Waals surface area contributed by atoms with E-state index in [0.717, 1.165) is 11.3 Å². The lowest BCUT2D eigenvalue weighted by Crippen LogP contribution is -2.29. The first-order valence-corrected chi connectivity index (χ1v) is 9.21. The third kappa shape index (κ3) is 6.32. The van der Waals surface area contributed by atoms with Gasteiger partial charge in [0.05, 0.1) is 0 Å². The van der Waals surface area contributed by atoms with Crippen molar-refractivity contribution in [2.45, 2.75) is 111 Å². The highest BCUT2D eigenvalue weighted by molar-refractivity contribution is 4.85. The van der Waals surface area contributed by atoms with E-state index in [0.29, 0.717) is 0 Å². The van der Waals surface area contributed by atoms with E-state index in [1.165, 1.54) is 89.9 Å². The summed E-state index contributed by atoms with van der Waals surface area (Å²) < 4.78 is 0.